The SMILES string of the molecule is CC(C)(O)c1ccn(S(=O)(=O)[N-]C(=O)Nc2c3c(cc4c2CCC4)CCC3)c1.[Na+]. The van der Waals surface area contributed by atoms with E-state index in [1.165, 1.54) is 29.6 Å². The number of carbonyl (C=O) groups is 1. The second-order valence-electron chi connectivity index (χ2n) is 8.02. The number of hydrogen-bond donors (Lipinski definition) is 2. The summed E-state index contributed by atoms with van der Waals surface area (Å²) in [6.45, 7) is 3.11. The van der Waals surface area contributed by atoms with Crippen LogP contribution in [0.5, 0.6) is 0 Å². The van der Waals surface area contributed by atoms with E-state index in [4.69, 9.17) is 0 Å². The normalized spacial score (nSPS) is 15.4. The van der Waals surface area contributed by atoms with Crippen molar-refractivity contribution in [2.24, 2.45) is 0 Å². The first-order valence-electron chi connectivity index (χ1n) is 9.52. The number of aliphatic hydroxyl groups is 1. The van der Waals surface area contributed by atoms with Gasteiger partial charge in [-0.1, -0.05) is 6.07 Å². The van der Waals surface area contributed by atoms with Crippen LogP contribution >= 0.6 is 0 Å². The zero-order valence-electron chi connectivity index (χ0n) is 17.0. The third-order valence-corrected chi connectivity index (χ3v) is 6.70. The molecular weight excluding hydrogens is 401 g/mol. The summed E-state index contributed by atoms with van der Waals surface area (Å²) >= 11 is 0. The van der Waals surface area contributed by atoms with E-state index >= 15 is 0 Å². The fraction of sp³-hybridized carbons (Fsp3) is 0.450. The molecule has 2 N–H and O–H groups in total. The van der Waals surface area contributed by atoms with Crippen molar-refractivity contribution in [3.05, 3.63) is 57.1 Å². The average molecular weight is 425 g/mol. The summed E-state index contributed by atoms with van der Waals surface area (Å²) in [4.78, 5) is 12.5. The van der Waals surface area contributed by atoms with Crippen molar-refractivity contribution < 1.29 is 47.9 Å². The van der Waals surface area contributed by atoms with Crippen LogP contribution in [-0.4, -0.2) is 23.5 Å². The largest absolute Gasteiger partial charge is 1.00 e. The number of anilines is 1. The molecule has 4 rings (SSSR count). The molecule has 2 amide bonds. The first-order chi connectivity index (χ1) is 13.1. The maximum absolute atomic E-state index is 12.5. The third-order valence-electron chi connectivity index (χ3n) is 5.54. The summed E-state index contributed by atoms with van der Waals surface area (Å²) in [7, 11) is -4.23. The van der Waals surface area contributed by atoms with Gasteiger partial charge in [0.25, 0.3) is 10.2 Å². The molecule has 0 fully saturated rings. The van der Waals surface area contributed by atoms with Crippen molar-refractivity contribution in [1.29, 1.82) is 0 Å². The van der Waals surface area contributed by atoms with Gasteiger partial charge in [0.1, 0.15) is 0 Å². The number of aryl methyl sites for hydroxylation is 2. The van der Waals surface area contributed by atoms with Crippen LogP contribution in [0.4, 0.5) is 10.5 Å². The van der Waals surface area contributed by atoms with Gasteiger partial charge in [-0.3, -0.25) is 8.77 Å². The van der Waals surface area contributed by atoms with E-state index in [0.29, 0.717) is 5.56 Å². The van der Waals surface area contributed by atoms with Crippen LogP contribution in [0.25, 0.3) is 4.72 Å². The summed E-state index contributed by atoms with van der Waals surface area (Å²) < 4.78 is 29.3. The Balaban J connectivity index is 0.00000240. The van der Waals surface area contributed by atoms with E-state index in [1.54, 1.807) is 13.8 Å². The van der Waals surface area contributed by atoms with Crippen LogP contribution in [0.2, 0.25) is 0 Å². The van der Waals surface area contributed by atoms with E-state index in [0.717, 1.165) is 59.3 Å². The molecule has 1 aromatic carbocycles. The number of rotatable bonds is 4. The monoisotopic (exact) mass is 425 g/mol. The fourth-order valence-corrected chi connectivity index (χ4v) is 4.94. The number of hydrogen-bond acceptors (Lipinski definition) is 4. The molecule has 1 aromatic heterocycles. The second-order valence-corrected chi connectivity index (χ2v) is 9.52. The van der Waals surface area contributed by atoms with E-state index in [-0.39, 0.29) is 29.6 Å². The predicted molar refractivity (Wildman–Crippen MR) is 107 cm³/mol. The van der Waals surface area contributed by atoms with E-state index in [9.17, 15) is 18.3 Å². The van der Waals surface area contributed by atoms with Gasteiger partial charge in [0.15, 0.2) is 6.03 Å². The second kappa shape index (κ2) is 8.07. The van der Waals surface area contributed by atoms with Gasteiger partial charge in [0, 0.05) is 18.0 Å². The Morgan fingerprint density at radius 3 is 2.24 bits per heavy atom. The quantitative estimate of drug-likeness (QED) is 0.692. The molecule has 0 bridgehead atoms. The van der Waals surface area contributed by atoms with Gasteiger partial charge < -0.3 is 15.1 Å². The summed E-state index contributed by atoms with van der Waals surface area (Å²) in [6, 6.07) is 2.83. The summed E-state index contributed by atoms with van der Waals surface area (Å²) in [5.41, 5.74) is 4.73. The van der Waals surface area contributed by atoms with Gasteiger partial charge in [-0.05, 0) is 86.4 Å². The van der Waals surface area contributed by atoms with E-state index in [2.05, 4.69) is 16.1 Å². The zero-order chi connectivity index (χ0) is 20.1. The fourth-order valence-electron chi connectivity index (χ4n) is 4.13. The molecule has 0 unspecified atom stereocenters. The van der Waals surface area contributed by atoms with Crippen LogP contribution < -0.4 is 34.9 Å². The van der Waals surface area contributed by atoms with Crippen molar-refractivity contribution in [2.75, 3.05) is 5.32 Å². The van der Waals surface area contributed by atoms with Gasteiger partial charge in [-0.2, -0.15) is 0 Å². The van der Waals surface area contributed by atoms with Crippen LogP contribution in [0.15, 0.2) is 24.5 Å². The molecule has 0 aliphatic heterocycles. The summed E-state index contributed by atoms with van der Waals surface area (Å²) in [6.07, 6.45) is 8.38. The minimum Gasteiger partial charge on any atom is -0.423 e. The summed E-state index contributed by atoms with van der Waals surface area (Å²) in [5.74, 6) is 0. The minimum atomic E-state index is -4.23. The Hall–Kier alpha value is -1.32. The number of aromatic nitrogens is 1. The Labute approximate surface area is 193 Å². The molecule has 0 radical (unpaired) electrons. The van der Waals surface area contributed by atoms with Gasteiger partial charge >= 0.3 is 29.6 Å². The van der Waals surface area contributed by atoms with Crippen molar-refractivity contribution in [3.63, 3.8) is 0 Å². The molecule has 9 heteroatoms. The van der Waals surface area contributed by atoms with E-state index in [1.807, 2.05) is 0 Å². The van der Waals surface area contributed by atoms with Crippen LogP contribution in [0.3, 0.4) is 0 Å². The van der Waals surface area contributed by atoms with Crippen molar-refractivity contribution in [3.8, 4) is 0 Å². The topological polar surface area (TPSA) is 102 Å². The van der Waals surface area contributed by atoms with Gasteiger partial charge in [-0.15, -0.1) is 0 Å². The molecule has 29 heavy (non-hydrogen) atoms. The Kier molecular flexibility index (Phi) is 6.23. The molecule has 2 aromatic rings. The Bertz CT molecular complexity index is 1020. The molecule has 0 spiro atoms. The number of benzene rings is 1. The number of nitrogens with zero attached hydrogens (tertiary/aromatic N) is 2. The van der Waals surface area contributed by atoms with Gasteiger partial charge in [0.2, 0.25) is 0 Å². The number of urea groups is 1. The maximum Gasteiger partial charge on any atom is 1.00 e. The molecule has 150 valence electrons. The maximum atomic E-state index is 12.5. The van der Waals surface area contributed by atoms with Crippen molar-refractivity contribution in [2.45, 2.75) is 58.0 Å². The van der Waals surface area contributed by atoms with Crippen molar-refractivity contribution >= 4 is 21.9 Å². The number of fused-ring (bicyclic) bond motifs is 2. The smallest absolute Gasteiger partial charge is 0.423 e. The van der Waals surface area contributed by atoms with Crippen LogP contribution in [-0.2, 0) is 41.5 Å². The molecule has 0 atom stereocenters. The minimum absolute atomic E-state index is 0. The average Bonchev–Trinajstić information content (AvgIpc) is 3.33. The number of nitrogens with one attached hydrogen (secondary N) is 1. The first-order valence-corrected chi connectivity index (χ1v) is 10.9. The first kappa shape index (κ1) is 22.4. The molecule has 1 heterocycles. The van der Waals surface area contributed by atoms with Crippen LogP contribution in [0.1, 0.15) is 54.5 Å². The Morgan fingerprint density at radius 1 is 1.14 bits per heavy atom. The summed E-state index contributed by atoms with van der Waals surface area (Å²) in [5, 5.41) is 12.8. The van der Waals surface area contributed by atoms with Gasteiger partial charge in [0.05, 0.1) is 5.60 Å². The standard InChI is InChI=1S/C20H25N3O4S.Na/c1-20(2,25)15-9-10-23(12-15)28(26,27)22-19(24)21-18-16-7-3-5-13(16)11-14-6-4-8-17(14)18;/h9-12,25H,3-8H2,1-2H3,(H2,21,22,24);/q;+1/p-1. The third kappa shape index (κ3) is 4.41. The number of amides is 2. The predicted octanol–water partition coefficient (Wildman–Crippen LogP) is 0.396. The van der Waals surface area contributed by atoms with Crippen LogP contribution in [0, 0.1) is 0 Å². The van der Waals surface area contributed by atoms with Gasteiger partial charge in [-0.25, -0.2) is 8.42 Å². The van der Waals surface area contributed by atoms with E-state index < -0.39 is 21.8 Å². The Morgan fingerprint density at radius 2 is 1.72 bits per heavy atom. The molecule has 0 saturated carbocycles. The molecule has 0 saturated heterocycles. The van der Waals surface area contributed by atoms with Crippen molar-refractivity contribution in [1.82, 2.24) is 3.97 Å². The molecular formula is C20H24N3NaO4S. The number of carbonyl (C=O) groups excluding carboxylic acids is 1. The molecule has 7 nitrogen and oxygen atoms in total. The zero-order valence-corrected chi connectivity index (χ0v) is 19.8. The molecule has 2 aliphatic rings. The molecule has 2 aliphatic carbocycles.